The third kappa shape index (κ3) is 15.9. The Morgan fingerprint density at radius 2 is 0.929 bits per heavy atom. The van der Waals surface area contributed by atoms with E-state index in [-0.39, 0.29) is 71.3 Å². The van der Waals surface area contributed by atoms with Crippen LogP contribution in [-0.2, 0) is 238 Å². The lowest BCUT2D eigenvalue weighted by Gasteiger charge is -2.33. The van der Waals surface area contributed by atoms with Crippen LogP contribution in [0.25, 0.3) is 4.85 Å². The van der Waals surface area contributed by atoms with E-state index in [1.807, 2.05) is 0 Å². The van der Waals surface area contributed by atoms with E-state index in [1.54, 1.807) is 19.9 Å². The van der Waals surface area contributed by atoms with Crippen LogP contribution in [0.2, 0.25) is 0 Å². The average Bonchev–Trinajstić information content (AvgIpc) is 1.50. The van der Waals surface area contributed by atoms with Crippen LogP contribution in [0.5, 0.6) is 0 Å². The standard InChI is InChI=1S/C15H18O10S.C11H11NO6S.C11H12O8S.C11H14O8S.C11H12O8S.C10H9NO6S.C10H12O6S/c1-2-11(18)23-12-13-15(4-6-22-9-17)10(24-26(13,19)20)7-14(12,25-15)3-5-21-8-16;1-4-5(13)16-8-7-6(12-3)9-11(2,17-7)10(8)19(14,15)18-9;1-3-7(12)18-8-5-4-6-9(17-5)11(8,10(13)16-2)20(14,15)19-6;1-2-7(14)17-8-9-11(5-13)6(18-20(9,15)16)3-10(8,4-12)19-11;1-2-6(13)17-9-7-5(3-16-4-12)8-10(18-7)11(9)20(14,15)19-8;1-2-7(12)16-8-5-3-6-9(15-5)10(8,4-11)18(13,14)17-6;1-3-6(11)15-7-5-4-10(2)9(14-5)8(7)17(12,13)16-10/h2,8-10,12-13H,1,3-7H2;4,6-10H,1H2,2H3;3,5-6,8-9H,1,4H2,2H3;2,6,8-9,12-13H,1,3-5H2;2,4-5,7-11H,1,3H2;2,5-6,8-9H,1,3H2;3,5,7-9H,1,4H2,2H3. The van der Waals surface area contributed by atoms with Gasteiger partial charge in [-0.05, 0) is 13.8 Å². The number of hydrogen-bond acceptors (Lipinski definition) is 53. The highest BCUT2D eigenvalue weighted by atomic mass is 32.2. The van der Waals surface area contributed by atoms with Gasteiger partial charge < -0.3 is 100 Å². The molecule has 0 amide bonds. The molecule has 37 atom stereocenters. The lowest BCUT2D eigenvalue weighted by molar-refractivity contribution is -0.158. The lowest BCUT2D eigenvalue weighted by Crippen LogP contribution is -2.61. The van der Waals surface area contributed by atoms with Crippen LogP contribution in [-0.4, -0.2) is 386 Å². The molecule has 0 spiro atoms. The van der Waals surface area contributed by atoms with Crippen molar-refractivity contribution in [3.8, 4) is 6.07 Å². The third-order valence-electron chi connectivity index (χ3n) is 28.1. The second kappa shape index (κ2) is 36.9. The Morgan fingerprint density at radius 1 is 0.457 bits per heavy atom. The molecule has 21 fully saturated rings. The molecular weight excluding hydrogens is 2030 g/mol. The zero-order valence-corrected chi connectivity index (χ0v) is 78.7. The Kier molecular flexibility index (Phi) is 27.6. The quantitative estimate of drug-likeness (QED) is 0.0140. The van der Waals surface area contributed by atoms with Gasteiger partial charge in [0.25, 0.3) is 106 Å². The van der Waals surface area contributed by atoms with Crippen LogP contribution in [0, 0.1) is 23.8 Å². The largest absolute Gasteiger partial charge is 0.468 e. The Balaban J connectivity index is 0.000000124. The summed E-state index contributed by atoms with van der Waals surface area (Å²) in [5.74, 6) is -6.92. The number of carbonyl (C=O) groups excluding carboxylic acids is 11. The fraction of sp³-hybridized carbons (Fsp3) is 0.658. The first-order valence-electron chi connectivity index (χ1n) is 42.0. The highest BCUT2D eigenvalue weighted by Gasteiger charge is 2.87. The maximum absolute atomic E-state index is 12.6. The van der Waals surface area contributed by atoms with Crippen molar-refractivity contribution in [2.45, 2.75) is 268 Å². The number of esters is 8. The van der Waals surface area contributed by atoms with E-state index in [0.29, 0.717) is 12.8 Å². The Bertz CT molecular complexity index is 6180. The number of rotatable bonds is 28. The van der Waals surface area contributed by atoms with Gasteiger partial charge in [0.1, 0.15) is 107 Å². The summed E-state index contributed by atoms with van der Waals surface area (Å²) in [6.07, 6.45) is -10.8. The number of nitrogens with zero attached hydrogens (tertiary/aromatic N) is 2. The van der Waals surface area contributed by atoms with Crippen molar-refractivity contribution < 1.29 is 236 Å². The van der Waals surface area contributed by atoms with Crippen LogP contribution in [0.3, 0.4) is 0 Å². The first-order valence-corrected chi connectivity index (χ1v) is 52.2. The molecule has 0 aliphatic carbocycles. The maximum Gasteiger partial charge on any atom is 0.336 e. The summed E-state index contributed by atoms with van der Waals surface area (Å²) >= 11 is 0. The van der Waals surface area contributed by atoms with Crippen molar-refractivity contribution in [1.29, 1.82) is 5.26 Å². The summed E-state index contributed by atoms with van der Waals surface area (Å²) in [6.45, 7) is 32.7. The maximum atomic E-state index is 12.6. The van der Waals surface area contributed by atoms with Gasteiger partial charge in [-0.2, -0.15) is 64.2 Å². The van der Waals surface area contributed by atoms with E-state index < -0.39 is 347 Å². The summed E-state index contributed by atoms with van der Waals surface area (Å²) < 4.78 is 294. The fourth-order valence-corrected chi connectivity index (χ4v) is 36.4. The van der Waals surface area contributed by atoms with Crippen LogP contribution < -0.4 is 0 Å². The number of hydrogen-bond donors (Lipinski definition) is 2. The van der Waals surface area contributed by atoms with Gasteiger partial charge >= 0.3 is 47.8 Å². The molecule has 14 bridgehead atoms. The molecule has 0 radical (unpaired) electrons. The number of aliphatic hydroxyl groups excluding tert-OH is 2. The van der Waals surface area contributed by atoms with Gasteiger partial charge in [-0.15, -0.1) is 0 Å². The summed E-state index contributed by atoms with van der Waals surface area (Å²) in [5, 5.41) is 22.7. The molecule has 21 aliphatic heterocycles. The lowest BCUT2D eigenvalue weighted by atomic mass is 9.75. The van der Waals surface area contributed by atoms with Crippen molar-refractivity contribution in [3.05, 3.63) is 100 Å². The monoisotopic (exact) mass is 2120 g/mol. The normalized spacial score (nSPS) is 44.9. The minimum atomic E-state index is -4.32. The van der Waals surface area contributed by atoms with Gasteiger partial charge in [0, 0.05) is 87.5 Å². The molecular formula is C79H88N2O52S7. The molecule has 768 valence electrons. The van der Waals surface area contributed by atoms with Crippen LogP contribution in [0.1, 0.15) is 58.8 Å². The van der Waals surface area contributed by atoms with Crippen molar-refractivity contribution in [1.82, 2.24) is 0 Å². The molecule has 0 aromatic rings. The van der Waals surface area contributed by atoms with E-state index in [4.69, 9.17) is 112 Å². The first kappa shape index (κ1) is 105. The number of ether oxygens (including phenoxy) is 18. The predicted molar refractivity (Wildman–Crippen MR) is 441 cm³/mol. The zero-order chi connectivity index (χ0) is 103. The van der Waals surface area contributed by atoms with Gasteiger partial charge in [0.05, 0.1) is 58.2 Å². The Labute approximate surface area is 795 Å². The van der Waals surface area contributed by atoms with Crippen molar-refractivity contribution in [2.75, 3.05) is 40.1 Å². The molecule has 21 saturated heterocycles. The molecule has 140 heavy (non-hydrogen) atoms. The number of methoxy groups -OCH3 is 1. The predicted octanol–water partition coefficient (Wildman–Crippen LogP) is -6.43. The third-order valence-corrected chi connectivity index (χ3v) is 40.8. The smallest absolute Gasteiger partial charge is 0.336 e. The SMILES string of the molecule is C=CC(=O)OC1C2C3(CCOC=O)OC1(CCOC=O)CC3OS2(=O)=O.C=CC(=O)OC1C2C3(CO)OC1(CO)CC3OS2(=O)=O.C=CC(=O)OC1C2CC3(C)OS(=O)(=O)C1C3O2.C=CC(=O)OC1C2CC3OS(=O)(=O)C1(C#N)C3O2.C=CC(=O)OC1C2CC3OS(=O)(=O)C1(C(=O)OC)C3O2.C=CC(=O)OC1C2OC3C(OS(=O)(=O)C13)C2COC=O.[C-]#[N+]C1C2OC3(C)C1OS(=O)(=O)C3C2OC(=O)C=C. The van der Waals surface area contributed by atoms with Crippen molar-refractivity contribution in [3.63, 3.8) is 0 Å². The van der Waals surface area contributed by atoms with Crippen molar-refractivity contribution in [2.24, 2.45) is 5.92 Å². The molecule has 21 heterocycles. The molecule has 0 aromatic heterocycles. The minimum Gasteiger partial charge on any atom is -0.468 e. The zero-order valence-electron chi connectivity index (χ0n) is 73.0. The van der Waals surface area contributed by atoms with E-state index >= 15 is 0 Å². The van der Waals surface area contributed by atoms with Gasteiger partial charge in [-0.25, -0.2) is 44.9 Å². The summed E-state index contributed by atoms with van der Waals surface area (Å²) in [5.41, 5.74) is -7.30. The highest BCUT2D eigenvalue weighted by Crippen LogP contribution is 2.65. The molecule has 37 unspecified atom stereocenters. The number of nitriles is 1. The molecule has 2 N–H and O–H groups in total. The fourth-order valence-electron chi connectivity index (χ4n) is 22.8. The second-order valence-electron chi connectivity index (χ2n) is 35.1. The van der Waals surface area contributed by atoms with Gasteiger partial charge in [0.15, 0.2) is 81.2 Å². The molecule has 0 saturated carbocycles. The number of aliphatic hydroxyl groups is 2. The average molecular weight is 2120 g/mol. The van der Waals surface area contributed by atoms with E-state index in [1.165, 1.54) is 0 Å². The molecule has 61 heteroatoms. The Morgan fingerprint density at radius 3 is 1.47 bits per heavy atom. The van der Waals surface area contributed by atoms with Gasteiger partial charge in [-0.1, -0.05) is 46.1 Å². The summed E-state index contributed by atoms with van der Waals surface area (Å²) in [7, 11) is -27.1. The van der Waals surface area contributed by atoms with Crippen LogP contribution >= 0.6 is 0 Å². The van der Waals surface area contributed by atoms with E-state index in [2.05, 4.69) is 60.4 Å². The molecule has 21 rings (SSSR count). The highest BCUT2D eigenvalue weighted by molar-refractivity contribution is 7.90. The topological polar surface area (TPSA) is 726 Å². The van der Waals surface area contributed by atoms with Crippen molar-refractivity contribution >= 4 is 138 Å². The molecule has 21 aliphatic rings. The summed E-state index contributed by atoms with van der Waals surface area (Å²) in [4.78, 5) is 126. The minimum absolute atomic E-state index is 0.0227. The number of fused-ring (bicyclic) bond motifs is 7. The number of carbonyl (C=O) groups is 11. The summed E-state index contributed by atoms with van der Waals surface area (Å²) in [6, 6.07) is 0.930. The second-order valence-corrected chi connectivity index (χ2v) is 47.2. The van der Waals surface area contributed by atoms with Crippen LogP contribution in [0.4, 0.5) is 0 Å². The van der Waals surface area contributed by atoms with Gasteiger partial charge in [0.2, 0.25) is 0 Å². The van der Waals surface area contributed by atoms with E-state index in [9.17, 15) is 127 Å². The van der Waals surface area contributed by atoms with E-state index in [0.717, 1.165) is 49.6 Å². The van der Waals surface area contributed by atoms with Crippen LogP contribution in [0.15, 0.2) is 88.6 Å². The molecule has 54 nitrogen and oxygen atoms in total. The van der Waals surface area contributed by atoms with Gasteiger partial charge in [-0.3, -0.25) is 43.7 Å². The Hall–Kier alpha value is -9.66. The first-order chi connectivity index (χ1) is 65.7. The molecule has 0 aromatic carbocycles.